The van der Waals surface area contributed by atoms with E-state index in [0.717, 1.165) is 47.2 Å². The van der Waals surface area contributed by atoms with Gasteiger partial charge in [0, 0.05) is 44.7 Å². The topological polar surface area (TPSA) is 227 Å². The summed E-state index contributed by atoms with van der Waals surface area (Å²) in [5.41, 5.74) is -2.82. The van der Waals surface area contributed by atoms with Crippen molar-refractivity contribution < 1.29 is 29.6 Å². The van der Waals surface area contributed by atoms with E-state index in [9.17, 15) is 49.6 Å². The second-order valence-corrected chi connectivity index (χ2v) is 8.89. The summed E-state index contributed by atoms with van der Waals surface area (Å²) < 4.78 is 0. The van der Waals surface area contributed by atoms with Crippen molar-refractivity contribution in [2.45, 2.75) is 0 Å². The Hall–Kier alpha value is -6.44. The van der Waals surface area contributed by atoms with Gasteiger partial charge in [-0.3, -0.25) is 29.8 Å². The van der Waals surface area contributed by atoms with E-state index in [1.54, 1.807) is 24.3 Å². The minimum Gasteiger partial charge on any atom is -0.478 e. The Labute approximate surface area is 231 Å². The van der Waals surface area contributed by atoms with Crippen molar-refractivity contribution in [3.05, 3.63) is 125 Å². The van der Waals surface area contributed by atoms with E-state index in [1.807, 2.05) is 12.1 Å². The summed E-state index contributed by atoms with van der Waals surface area (Å²) in [5, 5.41) is 43.8. The molecular formula is C28H16N4O10. The van der Waals surface area contributed by atoms with Crippen molar-refractivity contribution in [1.29, 1.82) is 0 Å². The maximum absolute atomic E-state index is 12.0. The van der Waals surface area contributed by atoms with Gasteiger partial charge >= 0.3 is 11.9 Å². The van der Waals surface area contributed by atoms with E-state index in [2.05, 4.69) is 9.97 Å². The highest BCUT2D eigenvalue weighted by atomic mass is 16.6. The number of nitrogens with zero attached hydrogens (tertiary/aromatic N) is 2. The molecule has 0 bridgehead atoms. The van der Waals surface area contributed by atoms with E-state index in [1.165, 1.54) is 0 Å². The van der Waals surface area contributed by atoms with Gasteiger partial charge in [0.15, 0.2) is 0 Å². The van der Waals surface area contributed by atoms with Gasteiger partial charge in [0.1, 0.15) is 0 Å². The lowest BCUT2D eigenvalue weighted by Crippen LogP contribution is -2.12. The molecule has 208 valence electrons. The van der Waals surface area contributed by atoms with Crippen LogP contribution >= 0.6 is 0 Å². The van der Waals surface area contributed by atoms with Gasteiger partial charge in [-0.05, 0) is 36.4 Å². The zero-order valence-corrected chi connectivity index (χ0v) is 21.0. The average Bonchev–Trinajstić information content (AvgIpc) is 2.96. The second kappa shape index (κ2) is 10.3. The Bertz CT molecular complexity index is 2000. The molecule has 0 atom stereocenters. The van der Waals surface area contributed by atoms with Gasteiger partial charge in [-0.2, -0.15) is 0 Å². The van der Waals surface area contributed by atoms with Crippen LogP contribution in [0.4, 0.5) is 11.4 Å². The third kappa shape index (κ3) is 4.44. The molecule has 0 saturated heterocycles. The summed E-state index contributed by atoms with van der Waals surface area (Å²) in [6.07, 6.45) is 0. The van der Waals surface area contributed by atoms with Gasteiger partial charge in [0.05, 0.1) is 32.1 Å². The first kappa shape index (κ1) is 27.1. The third-order valence-corrected chi connectivity index (χ3v) is 6.55. The highest BCUT2D eigenvalue weighted by Crippen LogP contribution is 2.41. The highest BCUT2D eigenvalue weighted by molar-refractivity contribution is 6.20. The number of rotatable bonds is 5. The number of carboxylic acid groups (broad SMARTS) is 2. The quantitative estimate of drug-likeness (QED) is 0.129. The average molecular weight is 568 g/mol. The molecule has 0 aliphatic carbocycles. The van der Waals surface area contributed by atoms with Crippen molar-refractivity contribution in [3.8, 4) is 11.1 Å². The summed E-state index contributed by atoms with van der Waals surface area (Å²) in [6.45, 7) is 0. The first-order valence-electron chi connectivity index (χ1n) is 11.9. The van der Waals surface area contributed by atoms with Crippen LogP contribution in [-0.4, -0.2) is 42.0 Å². The number of hydrogen-bond acceptors (Lipinski definition) is 8. The molecule has 0 aliphatic rings. The number of nitro groups is 2. The van der Waals surface area contributed by atoms with Crippen LogP contribution in [0.2, 0.25) is 0 Å². The Morgan fingerprint density at radius 2 is 0.952 bits per heavy atom. The molecule has 4 aromatic carbocycles. The molecule has 0 spiro atoms. The smallest absolute Gasteiger partial charge is 0.336 e. The van der Waals surface area contributed by atoms with Crippen LogP contribution in [0.3, 0.4) is 0 Å². The van der Waals surface area contributed by atoms with Gasteiger partial charge in [-0.1, -0.05) is 24.3 Å². The van der Waals surface area contributed by atoms with Crippen molar-refractivity contribution in [1.82, 2.24) is 9.97 Å². The monoisotopic (exact) mass is 568 g/mol. The zero-order chi connectivity index (χ0) is 30.3. The zero-order valence-electron chi connectivity index (χ0n) is 21.0. The molecule has 0 radical (unpaired) electrons. The van der Waals surface area contributed by atoms with Crippen LogP contribution in [0.1, 0.15) is 20.7 Å². The Kier molecular flexibility index (Phi) is 6.64. The fourth-order valence-electron chi connectivity index (χ4n) is 4.88. The molecule has 4 N–H and O–H groups in total. The normalized spacial score (nSPS) is 10.9. The first-order chi connectivity index (χ1) is 20.0. The molecule has 42 heavy (non-hydrogen) atoms. The predicted molar refractivity (Wildman–Crippen MR) is 150 cm³/mol. The number of benzene rings is 4. The maximum Gasteiger partial charge on any atom is 0.336 e. The van der Waals surface area contributed by atoms with Crippen molar-refractivity contribution in [2.24, 2.45) is 0 Å². The molecule has 0 unspecified atom stereocenters. The number of pyridine rings is 2. The molecule has 14 nitrogen and oxygen atoms in total. The Balaban J connectivity index is 0.000000174. The predicted octanol–water partition coefficient (Wildman–Crippen LogP) is 4.53. The van der Waals surface area contributed by atoms with E-state index < -0.39 is 55.4 Å². The van der Waals surface area contributed by atoms with Crippen LogP contribution in [0.5, 0.6) is 0 Å². The van der Waals surface area contributed by atoms with Crippen LogP contribution < -0.4 is 11.1 Å². The summed E-state index contributed by atoms with van der Waals surface area (Å²) in [4.78, 5) is 73.0. The maximum atomic E-state index is 12.0. The molecule has 0 aliphatic heterocycles. The molecule has 2 heterocycles. The van der Waals surface area contributed by atoms with E-state index in [0.29, 0.717) is 21.8 Å². The third-order valence-electron chi connectivity index (χ3n) is 6.55. The molecule has 14 heteroatoms. The van der Waals surface area contributed by atoms with Gasteiger partial charge in [-0.25, -0.2) is 9.59 Å². The number of H-pyrrole nitrogens is 2. The molecule has 6 aromatic rings. The van der Waals surface area contributed by atoms with Crippen LogP contribution in [0, 0.1) is 20.2 Å². The Morgan fingerprint density at radius 1 is 0.595 bits per heavy atom. The summed E-state index contributed by atoms with van der Waals surface area (Å²) >= 11 is 0. The van der Waals surface area contributed by atoms with E-state index in [4.69, 9.17) is 0 Å². The van der Waals surface area contributed by atoms with Crippen LogP contribution in [0.15, 0.2) is 82.4 Å². The van der Waals surface area contributed by atoms with E-state index in [-0.39, 0.29) is 11.1 Å². The first-order valence-corrected chi connectivity index (χ1v) is 11.9. The molecule has 0 saturated carbocycles. The van der Waals surface area contributed by atoms with Crippen molar-refractivity contribution >= 4 is 55.9 Å². The molecule has 0 amide bonds. The largest absolute Gasteiger partial charge is 0.478 e. The van der Waals surface area contributed by atoms with Crippen LogP contribution in [-0.2, 0) is 0 Å². The molecule has 2 aromatic heterocycles. The minimum absolute atomic E-state index is 0.132. The fraction of sp³-hybridized carbons (Fsp3) is 0. The van der Waals surface area contributed by atoms with E-state index >= 15 is 0 Å². The summed E-state index contributed by atoms with van der Waals surface area (Å²) in [7, 11) is 0. The Morgan fingerprint density at radius 3 is 1.29 bits per heavy atom. The number of carboxylic acids is 2. The number of nitrogens with one attached hydrogen (secondary N) is 2. The van der Waals surface area contributed by atoms with Crippen LogP contribution in [0.25, 0.3) is 43.7 Å². The summed E-state index contributed by atoms with van der Waals surface area (Å²) in [5.74, 6) is -3.16. The number of aromatic nitrogens is 2. The number of nitro benzene ring substituents is 2. The molecule has 0 fully saturated rings. The SMILES string of the molecule is O=C(O)c1cccc([N+](=O)[O-])c1-c1c(C(=O)O)cccc1[N+](=O)[O-].O=c1[nH]c2cccc3c(=O)[nH]c4cccc1c4c23. The minimum atomic E-state index is -1.58. The van der Waals surface area contributed by atoms with Gasteiger partial charge in [0.25, 0.3) is 22.5 Å². The number of carbonyl (C=O) groups is 2. The van der Waals surface area contributed by atoms with Crippen molar-refractivity contribution in [2.75, 3.05) is 0 Å². The second-order valence-electron chi connectivity index (χ2n) is 8.89. The van der Waals surface area contributed by atoms with Crippen molar-refractivity contribution in [3.63, 3.8) is 0 Å². The lowest BCUT2D eigenvalue weighted by molar-refractivity contribution is -0.386. The summed E-state index contributed by atoms with van der Waals surface area (Å²) in [6, 6.07) is 16.8. The van der Waals surface area contributed by atoms with Gasteiger partial charge < -0.3 is 20.2 Å². The lowest BCUT2D eigenvalue weighted by atomic mass is 9.92. The number of hydrogen-bond donors (Lipinski definition) is 4. The standard InChI is InChI=1S/C14H8N2O8.C14H8N2O2/c17-13(18)7-3-1-5-9(15(21)22)11(7)12-8(14(19)20)4-2-6-10(12)16(23)24;17-13-7-3-1-5-9-11(7)12-8(14(18)15-9)4-2-6-10(12)16-13/h1-6H,(H,17,18)(H,19,20);1-6H,(H,15,18)(H,16,17). The number of aromatic carboxylic acids is 2. The fourth-order valence-corrected chi connectivity index (χ4v) is 4.88. The molecular weight excluding hydrogens is 552 g/mol. The van der Waals surface area contributed by atoms with Gasteiger partial charge in [0.2, 0.25) is 0 Å². The lowest BCUT2D eigenvalue weighted by Gasteiger charge is -2.10. The number of aromatic amines is 2. The van der Waals surface area contributed by atoms with Gasteiger partial charge in [-0.15, -0.1) is 0 Å². The molecule has 6 rings (SSSR count). The highest BCUT2D eigenvalue weighted by Gasteiger charge is 2.32.